The Morgan fingerprint density at radius 3 is 2.79 bits per heavy atom. The summed E-state index contributed by atoms with van der Waals surface area (Å²) in [7, 11) is 3.21. The molecule has 1 aromatic heterocycles. The molecular formula is C9H10FIN2S. The average molecular weight is 324 g/mol. The molecule has 0 aliphatic carbocycles. The molecule has 0 amide bonds. The minimum absolute atomic E-state index is 0.270. The molecule has 2 nitrogen and oxygen atoms in total. The first-order valence-electron chi connectivity index (χ1n) is 3.95. The third-order valence-corrected chi connectivity index (χ3v) is 3.35. The van der Waals surface area contributed by atoms with Crippen LogP contribution in [-0.4, -0.2) is 11.0 Å². The maximum atomic E-state index is 13.3. The van der Waals surface area contributed by atoms with Crippen molar-refractivity contribution in [3.05, 3.63) is 42.5 Å². The van der Waals surface area contributed by atoms with E-state index in [4.69, 9.17) is 0 Å². The SMILES string of the molecule is CNc1ccn(SI)ccccc1F. The van der Waals surface area contributed by atoms with Crippen LogP contribution in [0.1, 0.15) is 0 Å². The number of rotatable bonds is 2. The van der Waals surface area contributed by atoms with E-state index in [-0.39, 0.29) is 5.82 Å². The monoisotopic (exact) mass is 324 g/mol. The highest BCUT2D eigenvalue weighted by Crippen LogP contribution is 2.15. The van der Waals surface area contributed by atoms with Gasteiger partial charge in [0.15, 0.2) is 0 Å². The molecule has 0 unspecified atom stereocenters. The Labute approximate surface area is 98.9 Å². The number of nitrogens with zero attached hydrogens (tertiary/aromatic N) is 1. The second-order valence-corrected chi connectivity index (χ2v) is 4.20. The van der Waals surface area contributed by atoms with Crippen LogP contribution in [0.4, 0.5) is 10.1 Å². The molecule has 0 aromatic carbocycles. The van der Waals surface area contributed by atoms with Gasteiger partial charge in [-0.05, 0) is 18.2 Å². The highest BCUT2D eigenvalue weighted by molar-refractivity contribution is 14.2. The Bertz CT molecular complexity index is 353. The predicted molar refractivity (Wildman–Crippen MR) is 68.6 cm³/mol. The lowest BCUT2D eigenvalue weighted by atomic mass is 10.4. The molecule has 0 aliphatic heterocycles. The van der Waals surface area contributed by atoms with Crippen molar-refractivity contribution in [2.24, 2.45) is 0 Å². The van der Waals surface area contributed by atoms with Crippen LogP contribution >= 0.6 is 30.3 Å². The van der Waals surface area contributed by atoms with E-state index < -0.39 is 0 Å². The summed E-state index contributed by atoms with van der Waals surface area (Å²) in [4.78, 5) is 0. The van der Waals surface area contributed by atoms with Crippen LogP contribution in [0, 0.1) is 5.82 Å². The number of nitrogens with one attached hydrogen (secondary N) is 1. The molecule has 0 aliphatic rings. The predicted octanol–water partition coefficient (Wildman–Crippen LogP) is 3.64. The van der Waals surface area contributed by atoms with Gasteiger partial charge in [0.2, 0.25) is 0 Å². The van der Waals surface area contributed by atoms with Crippen molar-refractivity contribution in [1.29, 1.82) is 0 Å². The van der Waals surface area contributed by atoms with Crippen LogP contribution in [0.5, 0.6) is 0 Å². The third-order valence-electron chi connectivity index (χ3n) is 1.58. The topological polar surface area (TPSA) is 17.0 Å². The molecule has 5 heteroatoms. The van der Waals surface area contributed by atoms with Crippen molar-refractivity contribution >= 4 is 36.0 Å². The highest BCUT2D eigenvalue weighted by atomic mass is 127. The molecule has 1 rings (SSSR count). The average Bonchev–Trinajstić information content (AvgIpc) is 2.29. The summed E-state index contributed by atoms with van der Waals surface area (Å²) in [5.74, 6) is -0.270. The molecule has 0 saturated carbocycles. The van der Waals surface area contributed by atoms with E-state index in [1.807, 2.05) is 10.2 Å². The lowest BCUT2D eigenvalue weighted by molar-refractivity contribution is 0.632. The largest absolute Gasteiger partial charge is 0.386 e. The molecule has 14 heavy (non-hydrogen) atoms. The van der Waals surface area contributed by atoms with Gasteiger partial charge in [-0.15, -0.1) is 0 Å². The smallest absolute Gasteiger partial charge is 0.146 e. The van der Waals surface area contributed by atoms with E-state index in [2.05, 4.69) is 26.5 Å². The van der Waals surface area contributed by atoms with Gasteiger partial charge < -0.3 is 5.32 Å². The minimum Gasteiger partial charge on any atom is -0.386 e. The standard InChI is InChI=1S/C9H10FIN2S/c1-12-9-5-7-13(14-11)6-3-2-4-8(9)10/h2-7,12H,1H3. The minimum atomic E-state index is -0.270. The number of hydrogen-bond donors (Lipinski definition) is 1. The van der Waals surface area contributed by atoms with Crippen molar-refractivity contribution < 1.29 is 4.39 Å². The Balaban J connectivity index is 3.29. The van der Waals surface area contributed by atoms with Crippen LogP contribution < -0.4 is 5.32 Å². The number of halogens is 2. The summed E-state index contributed by atoms with van der Waals surface area (Å²) in [5, 5.41) is 2.79. The molecular weight excluding hydrogens is 314 g/mol. The van der Waals surface area contributed by atoms with Gasteiger partial charge >= 0.3 is 0 Å². The molecule has 1 N–H and O–H groups in total. The molecule has 0 radical (unpaired) electrons. The summed E-state index contributed by atoms with van der Waals surface area (Å²) in [6, 6.07) is 6.57. The van der Waals surface area contributed by atoms with E-state index in [9.17, 15) is 4.39 Å². The second kappa shape index (κ2) is 6.13. The van der Waals surface area contributed by atoms with Gasteiger partial charge in [-0.1, -0.05) is 6.07 Å². The van der Waals surface area contributed by atoms with Gasteiger partial charge in [0.05, 0.1) is 5.69 Å². The number of anilines is 1. The van der Waals surface area contributed by atoms with Crippen molar-refractivity contribution in [3.8, 4) is 0 Å². The van der Waals surface area contributed by atoms with Gasteiger partial charge in [-0.3, -0.25) is 3.97 Å². The van der Waals surface area contributed by atoms with Gasteiger partial charge in [0.1, 0.15) is 5.82 Å². The zero-order valence-corrected chi connectivity index (χ0v) is 10.5. The quantitative estimate of drug-likeness (QED) is 0.837. The Morgan fingerprint density at radius 1 is 1.36 bits per heavy atom. The van der Waals surface area contributed by atoms with Crippen molar-refractivity contribution in [2.75, 3.05) is 12.4 Å². The molecule has 0 saturated heterocycles. The summed E-state index contributed by atoms with van der Waals surface area (Å²) in [6.45, 7) is 0. The van der Waals surface area contributed by atoms with E-state index in [0.29, 0.717) is 5.69 Å². The zero-order valence-electron chi connectivity index (χ0n) is 7.58. The van der Waals surface area contributed by atoms with Crippen LogP contribution in [0.2, 0.25) is 0 Å². The molecule has 76 valence electrons. The van der Waals surface area contributed by atoms with Gasteiger partial charge in [-0.25, -0.2) is 4.39 Å². The molecule has 1 aromatic rings. The second-order valence-electron chi connectivity index (χ2n) is 2.46. The fourth-order valence-corrected chi connectivity index (χ4v) is 1.90. The van der Waals surface area contributed by atoms with E-state index in [0.717, 1.165) is 0 Å². The summed E-state index contributed by atoms with van der Waals surface area (Å²) in [6.07, 6.45) is 3.65. The summed E-state index contributed by atoms with van der Waals surface area (Å²) >= 11 is 2.16. The number of aromatic nitrogens is 1. The molecule has 0 bridgehead atoms. The van der Waals surface area contributed by atoms with Crippen LogP contribution in [-0.2, 0) is 0 Å². The fraction of sp³-hybridized carbons (Fsp3) is 0.111. The number of hydrogen-bond acceptors (Lipinski definition) is 2. The maximum absolute atomic E-state index is 13.3. The van der Waals surface area contributed by atoms with Crippen molar-refractivity contribution in [3.63, 3.8) is 0 Å². The molecule has 1 heterocycles. The van der Waals surface area contributed by atoms with E-state index >= 15 is 0 Å². The van der Waals surface area contributed by atoms with Crippen LogP contribution in [0.15, 0.2) is 36.7 Å². The van der Waals surface area contributed by atoms with E-state index in [1.54, 1.807) is 31.4 Å². The van der Waals surface area contributed by atoms with Crippen LogP contribution in [0.25, 0.3) is 0 Å². The first-order chi connectivity index (χ1) is 6.77. The Hall–Kier alpha value is -0.430. The van der Waals surface area contributed by atoms with Gasteiger partial charge in [0.25, 0.3) is 0 Å². The lowest BCUT2D eigenvalue weighted by Gasteiger charge is -1.97. The molecule has 0 fully saturated rings. The van der Waals surface area contributed by atoms with Gasteiger partial charge in [0, 0.05) is 49.8 Å². The first kappa shape index (κ1) is 11.6. The van der Waals surface area contributed by atoms with Gasteiger partial charge in [-0.2, -0.15) is 0 Å². The van der Waals surface area contributed by atoms with Crippen LogP contribution in [0.3, 0.4) is 0 Å². The third kappa shape index (κ3) is 3.38. The summed E-state index contributed by atoms with van der Waals surface area (Å²) < 4.78 is 15.2. The molecule has 0 spiro atoms. The maximum Gasteiger partial charge on any atom is 0.146 e. The first-order valence-corrected chi connectivity index (χ1v) is 7.27. The van der Waals surface area contributed by atoms with Crippen molar-refractivity contribution in [2.45, 2.75) is 0 Å². The molecule has 0 atom stereocenters. The fourth-order valence-electron chi connectivity index (χ4n) is 0.890. The normalized spacial score (nSPS) is 9.36. The lowest BCUT2D eigenvalue weighted by Crippen LogP contribution is -1.89. The summed E-state index contributed by atoms with van der Waals surface area (Å²) in [5.41, 5.74) is 0.473. The Morgan fingerprint density at radius 2 is 2.14 bits per heavy atom. The van der Waals surface area contributed by atoms with Crippen molar-refractivity contribution in [1.82, 2.24) is 3.97 Å². The highest BCUT2D eigenvalue weighted by Gasteiger charge is 1.93. The zero-order chi connectivity index (χ0) is 10.4. The van der Waals surface area contributed by atoms with E-state index in [1.165, 1.54) is 15.2 Å². The Kier molecular flexibility index (Phi) is 5.10.